The molecule has 2 heteroatoms. The van der Waals surface area contributed by atoms with Crippen molar-refractivity contribution in [1.29, 1.82) is 0 Å². The third kappa shape index (κ3) is 4.24. The zero-order valence-electron chi connectivity index (χ0n) is 10.8. The molecule has 0 saturated heterocycles. The van der Waals surface area contributed by atoms with E-state index in [9.17, 15) is 5.11 Å². The number of likely N-dealkylation sites (N-methyl/N-ethyl adjacent to an activating group) is 1. The summed E-state index contributed by atoms with van der Waals surface area (Å²) in [6.45, 7) is 12.2. The van der Waals surface area contributed by atoms with Crippen LogP contribution in [-0.2, 0) is 0 Å². The first kappa shape index (κ1) is 14.5. The van der Waals surface area contributed by atoms with Crippen LogP contribution in [0.15, 0.2) is 0 Å². The molecule has 1 atom stereocenters. The van der Waals surface area contributed by atoms with Gasteiger partial charge in [-0.15, -0.1) is 11.8 Å². The summed E-state index contributed by atoms with van der Waals surface area (Å²) in [4.78, 5) is 2.29. The Balaban J connectivity index is 4.32. The van der Waals surface area contributed by atoms with Crippen molar-refractivity contribution in [2.24, 2.45) is 0 Å². The summed E-state index contributed by atoms with van der Waals surface area (Å²) in [7, 11) is 0. The summed E-state index contributed by atoms with van der Waals surface area (Å²) in [5.41, 5.74) is -0.154. The molecule has 88 valence electrons. The van der Waals surface area contributed by atoms with Crippen molar-refractivity contribution in [2.45, 2.75) is 59.1 Å². The van der Waals surface area contributed by atoms with E-state index in [0.717, 1.165) is 25.9 Å². The molecular formula is C13H25NO. The van der Waals surface area contributed by atoms with Gasteiger partial charge in [0.1, 0.15) is 0 Å². The molecule has 0 saturated carbocycles. The highest BCUT2D eigenvalue weighted by atomic mass is 16.3. The molecule has 1 unspecified atom stereocenters. The standard InChI is InChI=1S/C13H25NO/c1-6-9-10-11-12(15)13(4,5)14(7-2)8-3/h12,15H,7-8,10-11H2,1-5H3. The molecule has 0 bridgehead atoms. The van der Waals surface area contributed by atoms with Gasteiger partial charge in [-0.05, 0) is 40.3 Å². The van der Waals surface area contributed by atoms with Crippen molar-refractivity contribution >= 4 is 0 Å². The predicted octanol–water partition coefficient (Wildman–Crippen LogP) is 2.27. The van der Waals surface area contributed by atoms with Crippen molar-refractivity contribution in [1.82, 2.24) is 4.90 Å². The molecule has 0 aromatic heterocycles. The zero-order valence-corrected chi connectivity index (χ0v) is 10.8. The van der Waals surface area contributed by atoms with Crippen LogP contribution < -0.4 is 0 Å². The lowest BCUT2D eigenvalue weighted by molar-refractivity contribution is -0.00824. The van der Waals surface area contributed by atoms with E-state index in [1.807, 2.05) is 6.92 Å². The summed E-state index contributed by atoms with van der Waals surface area (Å²) in [5.74, 6) is 5.85. The number of rotatable bonds is 6. The number of hydrogen-bond acceptors (Lipinski definition) is 2. The first-order valence-electron chi connectivity index (χ1n) is 5.83. The van der Waals surface area contributed by atoms with Crippen LogP contribution in [0.4, 0.5) is 0 Å². The van der Waals surface area contributed by atoms with Crippen LogP contribution in [0.2, 0.25) is 0 Å². The molecule has 0 aromatic carbocycles. The van der Waals surface area contributed by atoms with Gasteiger partial charge in [-0.25, -0.2) is 0 Å². The largest absolute Gasteiger partial charge is 0.391 e. The fourth-order valence-electron chi connectivity index (χ4n) is 1.94. The molecule has 0 radical (unpaired) electrons. The Morgan fingerprint density at radius 1 is 1.27 bits per heavy atom. The summed E-state index contributed by atoms with van der Waals surface area (Å²) >= 11 is 0. The smallest absolute Gasteiger partial charge is 0.0727 e. The van der Waals surface area contributed by atoms with Crippen LogP contribution in [0.5, 0.6) is 0 Å². The van der Waals surface area contributed by atoms with Gasteiger partial charge in [-0.3, -0.25) is 4.90 Å². The maximum Gasteiger partial charge on any atom is 0.0727 e. The lowest BCUT2D eigenvalue weighted by Gasteiger charge is -2.40. The fourth-order valence-corrected chi connectivity index (χ4v) is 1.94. The Kier molecular flexibility index (Phi) is 6.63. The van der Waals surface area contributed by atoms with Crippen molar-refractivity contribution < 1.29 is 5.11 Å². The minimum Gasteiger partial charge on any atom is -0.391 e. The number of aliphatic hydroxyl groups excluding tert-OH is 1. The summed E-state index contributed by atoms with van der Waals surface area (Å²) in [5, 5.41) is 10.1. The van der Waals surface area contributed by atoms with E-state index in [-0.39, 0.29) is 11.6 Å². The number of hydrogen-bond donors (Lipinski definition) is 1. The summed E-state index contributed by atoms with van der Waals surface area (Å²) < 4.78 is 0. The van der Waals surface area contributed by atoms with Crippen LogP contribution in [0.1, 0.15) is 47.5 Å². The van der Waals surface area contributed by atoms with Crippen LogP contribution in [0.25, 0.3) is 0 Å². The topological polar surface area (TPSA) is 23.5 Å². The maximum absolute atomic E-state index is 10.1. The van der Waals surface area contributed by atoms with E-state index in [1.165, 1.54) is 0 Å². The minimum atomic E-state index is -0.307. The van der Waals surface area contributed by atoms with Gasteiger partial charge in [-0.1, -0.05) is 13.8 Å². The lowest BCUT2D eigenvalue weighted by atomic mass is 9.91. The van der Waals surface area contributed by atoms with Crippen molar-refractivity contribution in [2.75, 3.05) is 13.1 Å². The molecule has 0 heterocycles. The Morgan fingerprint density at radius 3 is 2.20 bits per heavy atom. The molecule has 0 aromatic rings. The second kappa shape index (κ2) is 6.87. The third-order valence-corrected chi connectivity index (χ3v) is 3.11. The van der Waals surface area contributed by atoms with Gasteiger partial charge < -0.3 is 5.11 Å². The molecule has 2 nitrogen and oxygen atoms in total. The number of nitrogens with zero attached hydrogens (tertiary/aromatic N) is 1. The molecule has 0 aliphatic heterocycles. The second-order valence-electron chi connectivity index (χ2n) is 4.31. The Labute approximate surface area is 94.7 Å². The van der Waals surface area contributed by atoms with Gasteiger partial charge in [0.05, 0.1) is 6.10 Å². The fraction of sp³-hybridized carbons (Fsp3) is 0.846. The van der Waals surface area contributed by atoms with Gasteiger partial charge in [0, 0.05) is 12.0 Å². The van der Waals surface area contributed by atoms with E-state index in [4.69, 9.17) is 0 Å². The van der Waals surface area contributed by atoms with Crippen LogP contribution >= 0.6 is 0 Å². The highest BCUT2D eigenvalue weighted by Gasteiger charge is 2.31. The highest BCUT2D eigenvalue weighted by molar-refractivity contribution is 4.97. The quantitative estimate of drug-likeness (QED) is 0.681. The third-order valence-electron chi connectivity index (χ3n) is 3.11. The number of aliphatic hydroxyl groups is 1. The Bertz CT molecular complexity index is 220. The lowest BCUT2D eigenvalue weighted by Crippen LogP contribution is -2.52. The maximum atomic E-state index is 10.1. The first-order valence-corrected chi connectivity index (χ1v) is 5.83. The molecular weight excluding hydrogens is 186 g/mol. The van der Waals surface area contributed by atoms with Crippen LogP contribution in [-0.4, -0.2) is 34.7 Å². The molecule has 0 spiro atoms. The van der Waals surface area contributed by atoms with E-state index < -0.39 is 0 Å². The first-order chi connectivity index (χ1) is 7.00. The van der Waals surface area contributed by atoms with Crippen molar-refractivity contribution in [3.63, 3.8) is 0 Å². The molecule has 0 amide bonds. The van der Waals surface area contributed by atoms with E-state index in [0.29, 0.717) is 0 Å². The Morgan fingerprint density at radius 2 is 1.80 bits per heavy atom. The Hall–Kier alpha value is -0.520. The van der Waals surface area contributed by atoms with Gasteiger partial charge in [0.2, 0.25) is 0 Å². The highest BCUT2D eigenvalue weighted by Crippen LogP contribution is 2.21. The molecule has 1 N–H and O–H groups in total. The van der Waals surface area contributed by atoms with Crippen molar-refractivity contribution in [3.05, 3.63) is 0 Å². The summed E-state index contributed by atoms with van der Waals surface area (Å²) in [6, 6.07) is 0. The summed E-state index contributed by atoms with van der Waals surface area (Å²) in [6.07, 6.45) is 1.23. The monoisotopic (exact) mass is 211 g/mol. The molecule has 0 rings (SSSR count). The van der Waals surface area contributed by atoms with Gasteiger partial charge in [0.15, 0.2) is 0 Å². The average Bonchev–Trinajstić information content (AvgIpc) is 2.19. The van der Waals surface area contributed by atoms with Gasteiger partial charge >= 0.3 is 0 Å². The zero-order chi connectivity index (χ0) is 11.9. The molecule has 0 aliphatic carbocycles. The van der Waals surface area contributed by atoms with E-state index in [1.54, 1.807) is 0 Å². The van der Waals surface area contributed by atoms with E-state index >= 15 is 0 Å². The average molecular weight is 211 g/mol. The van der Waals surface area contributed by atoms with E-state index in [2.05, 4.69) is 44.4 Å². The van der Waals surface area contributed by atoms with Crippen LogP contribution in [0.3, 0.4) is 0 Å². The predicted molar refractivity (Wildman–Crippen MR) is 65.7 cm³/mol. The van der Waals surface area contributed by atoms with Gasteiger partial charge in [0.25, 0.3) is 0 Å². The normalized spacial score (nSPS) is 13.5. The molecule has 15 heavy (non-hydrogen) atoms. The van der Waals surface area contributed by atoms with Crippen LogP contribution in [0, 0.1) is 11.8 Å². The van der Waals surface area contributed by atoms with Gasteiger partial charge in [-0.2, -0.15) is 0 Å². The molecule has 0 aliphatic rings. The second-order valence-corrected chi connectivity index (χ2v) is 4.31. The molecule has 0 fully saturated rings. The SMILES string of the molecule is CC#CCCC(O)C(C)(C)N(CC)CC. The van der Waals surface area contributed by atoms with Crippen molar-refractivity contribution in [3.8, 4) is 11.8 Å². The minimum absolute atomic E-state index is 0.154.